The number of piperidine rings is 1. The summed E-state index contributed by atoms with van der Waals surface area (Å²) in [6.07, 6.45) is 5.12. The van der Waals surface area contributed by atoms with E-state index in [1.165, 1.54) is 0 Å². The van der Waals surface area contributed by atoms with Gasteiger partial charge in [0, 0.05) is 25.9 Å². The third-order valence-electron chi connectivity index (χ3n) is 4.26. The van der Waals surface area contributed by atoms with Gasteiger partial charge in [0.25, 0.3) is 5.91 Å². The first-order valence-electron chi connectivity index (χ1n) is 7.90. The fourth-order valence-corrected chi connectivity index (χ4v) is 3.98. The molecule has 4 heterocycles. The second kappa shape index (κ2) is 5.86. The molecule has 1 fully saturated rings. The zero-order valence-electron chi connectivity index (χ0n) is 13.6. The Kier molecular flexibility index (Phi) is 3.68. The van der Waals surface area contributed by atoms with Crippen molar-refractivity contribution in [1.82, 2.24) is 19.7 Å². The minimum atomic E-state index is -0.290. The Labute approximate surface area is 143 Å². The van der Waals surface area contributed by atoms with Crippen molar-refractivity contribution >= 4 is 39.1 Å². The Morgan fingerprint density at radius 3 is 3.04 bits per heavy atom. The van der Waals surface area contributed by atoms with Crippen molar-refractivity contribution in [2.75, 3.05) is 16.8 Å². The lowest BCUT2D eigenvalue weighted by atomic mass is 10.0. The molecule has 7 nitrogen and oxygen atoms in total. The van der Waals surface area contributed by atoms with Crippen LogP contribution >= 0.6 is 11.3 Å². The molecular weight excluding hydrogens is 324 g/mol. The highest BCUT2D eigenvalue weighted by Gasteiger charge is 2.31. The molecule has 0 radical (unpaired) electrons. The lowest BCUT2D eigenvalue weighted by Crippen LogP contribution is -2.48. The van der Waals surface area contributed by atoms with E-state index in [0.29, 0.717) is 12.4 Å². The molecular formula is C16H18N6OS. The normalized spacial score (nSPS) is 18.3. The molecule has 4 rings (SSSR count). The SMILES string of the molecule is Cc1csc2c(N[C@H]3CCCN(c4ccn(C)n4)C3=O)ncnc12. The molecule has 1 amide bonds. The smallest absolute Gasteiger partial charge is 0.250 e. The van der Waals surface area contributed by atoms with Gasteiger partial charge in [0.1, 0.15) is 18.2 Å². The Morgan fingerprint density at radius 1 is 1.38 bits per heavy atom. The molecule has 0 aliphatic carbocycles. The van der Waals surface area contributed by atoms with E-state index < -0.39 is 0 Å². The van der Waals surface area contributed by atoms with Crippen molar-refractivity contribution < 1.29 is 4.79 Å². The van der Waals surface area contributed by atoms with Crippen LogP contribution < -0.4 is 10.2 Å². The molecule has 3 aromatic rings. The summed E-state index contributed by atoms with van der Waals surface area (Å²) in [6, 6.07) is 1.58. The number of thiophene rings is 1. The molecule has 1 aliphatic rings. The molecule has 24 heavy (non-hydrogen) atoms. The van der Waals surface area contributed by atoms with Crippen LogP contribution in [0.3, 0.4) is 0 Å². The maximum atomic E-state index is 12.9. The third-order valence-corrected chi connectivity index (χ3v) is 5.35. The fraction of sp³-hybridized carbons (Fsp3) is 0.375. The average Bonchev–Trinajstić information content (AvgIpc) is 3.17. The predicted octanol–water partition coefficient (Wildman–Crippen LogP) is 2.34. The number of aromatic nitrogens is 4. The highest BCUT2D eigenvalue weighted by Crippen LogP contribution is 2.30. The molecule has 0 unspecified atom stereocenters. The van der Waals surface area contributed by atoms with Crippen molar-refractivity contribution in [3.05, 3.63) is 29.5 Å². The van der Waals surface area contributed by atoms with E-state index in [-0.39, 0.29) is 11.9 Å². The number of hydrogen-bond acceptors (Lipinski definition) is 6. The molecule has 124 valence electrons. The number of rotatable bonds is 3. The molecule has 0 bridgehead atoms. The summed E-state index contributed by atoms with van der Waals surface area (Å²) in [4.78, 5) is 23.3. The van der Waals surface area contributed by atoms with Gasteiger partial charge in [-0.15, -0.1) is 11.3 Å². The van der Waals surface area contributed by atoms with Gasteiger partial charge in [-0.2, -0.15) is 5.10 Å². The minimum absolute atomic E-state index is 0.0417. The van der Waals surface area contributed by atoms with E-state index in [1.807, 2.05) is 26.2 Å². The Hall–Kier alpha value is -2.48. The molecule has 1 aliphatic heterocycles. The number of carbonyl (C=O) groups is 1. The van der Waals surface area contributed by atoms with Gasteiger partial charge in [-0.3, -0.25) is 14.4 Å². The summed E-state index contributed by atoms with van der Waals surface area (Å²) in [6.45, 7) is 2.73. The number of hydrogen-bond donors (Lipinski definition) is 1. The van der Waals surface area contributed by atoms with Gasteiger partial charge in [0.05, 0.1) is 10.2 Å². The van der Waals surface area contributed by atoms with E-state index in [9.17, 15) is 4.79 Å². The molecule has 3 aromatic heterocycles. The van der Waals surface area contributed by atoms with Crippen LogP contribution in [0.5, 0.6) is 0 Å². The molecule has 0 spiro atoms. The number of nitrogens with zero attached hydrogens (tertiary/aromatic N) is 5. The van der Waals surface area contributed by atoms with Crippen LogP contribution in [0, 0.1) is 6.92 Å². The Morgan fingerprint density at radius 2 is 2.25 bits per heavy atom. The van der Waals surface area contributed by atoms with E-state index in [4.69, 9.17) is 0 Å². The zero-order chi connectivity index (χ0) is 16.7. The Bertz CT molecular complexity index is 901. The summed E-state index contributed by atoms with van der Waals surface area (Å²) in [5.74, 6) is 1.48. The minimum Gasteiger partial charge on any atom is -0.357 e. The lowest BCUT2D eigenvalue weighted by molar-refractivity contribution is -0.120. The van der Waals surface area contributed by atoms with Gasteiger partial charge in [0.2, 0.25) is 0 Å². The van der Waals surface area contributed by atoms with Crippen LogP contribution in [0.2, 0.25) is 0 Å². The van der Waals surface area contributed by atoms with Gasteiger partial charge < -0.3 is 5.32 Å². The first-order chi connectivity index (χ1) is 11.6. The number of fused-ring (bicyclic) bond motifs is 1. The second-order valence-corrected chi connectivity index (χ2v) is 6.88. The fourth-order valence-electron chi connectivity index (χ4n) is 3.02. The van der Waals surface area contributed by atoms with E-state index in [0.717, 1.165) is 34.4 Å². The summed E-state index contributed by atoms with van der Waals surface area (Å²) >= 11 is 1.60. The van der Waals surface area contributed by atoms with Crippen molar-refractivity contribution in [3.63, 3.8) is 0 Å². The number of aryl methyl sites for hydroxylation is 2. The van der Waals surface area contributed by atoms with Crippen LogP contribution in [-0.4, -0.2) is 38.2 Å². The summed E-state index contributed by atoms with van der Waals surface area (Å²) in [5, 5.41) is 9.74. The maximum absolute atomic E-state index is 12.9. The Balaban J connectivity index is 1.60. The standard InChI is InChI=1S/C16H18N6OS/c1-10-8-24-14-13(10)17-9-18-15(14)19-11-4-3-6-22(16(11)23)12-5-7-21(2)20-12/h5,7-9,11H,3-4,6H2,1-2H3,(H,17,18,19)/t11-/m0/s1. The lowest BCUT2D eigenvalue weighted by Gasteiger charge is -2.31. The second-order valence-electron chi connectivity index (χ2n) is 6.00. The molecule has 1 saturated heterocycles. The topological polar surface area (TPSA) is 75.9 Å². The summed E-state index contributed by atoms with van der Waals surface area (Å²) in [5.41, 5.74) is 2.08. The largest absolute Gasteiger partial charge is 0.357 e. The van der Waals surface area contributed by atoms with Crippen molar-refractivity contribution in [2.24, 2.45) is 7.05 Å². The highest BCUT2D eigenvalue weighted by atomic mass is 32.1. The van der Waals surface area contributed by atoms with Gasteiger partial charge in [-0.25, -0.2) is 9.97 Å². The van der Waals surface area contributed by atoms with Crippen LogP contribution in [-0.2, 0) is 11.8 Å². The highest BCUT2D eigenvalue weighted by molar-refractivity contribution is 7.18. The number of anilines is 2. The van der Waals surface area contributed by atoms with Gasteiger partial charge >= 0.3 is 0 Å². The molecule has 1 N–H and O–H groups in total. The first kappa shape index (κ1) is 15.1. The van der Waals surface area contributed by atoms with Crippen LogP contribution in [0.15, 0.2) is 24.0 Å². The monoisotopic (exact) mass is 342 g/mol. The predicted molar refractivity (Wildman–Crippen MR) is 94.4 cm³/mol. The number of carbonyl (C=O) groups excluding carboxylic acids is 1. The maximum Gasteiger partial charge on any atom is 0.250 e. The number of nitrogens with one attached hydrogen (secondary N) is 1. The van der Waals surface area contributed by atoms with Crippen LogP contribution in [0.1, 0.15) is 18.4 Å². The third kappa shape index (κ3) is 2.52. The van der Waals surface area contributed by atoms with Crippen LogP contribution in [0.4, 0.5) is 11.6 Å². The van der Waals surface area contributed by atoms with Gasteiger partial charge in [0.15, 0.2) is 5.82 Å². The average molecular weight is 342 g/mol. The van der Waals surface area contributed by atoms with Gasteiger partial charge in [-0.05, 0) is 30.7 Å². The molecule has 0 aromatic carbocycles. The van der Waals surface area contributed by atoms with Gasteiger partial charge in [-0.1, -0.05) is 0 Å². The van der Waals surface area contributed by atoms with E-state index in [2.05, 4.69) is 25.8 Å². The van der Waals surface area contributed by atoms with E-state index >= 15 is 0 Å². The molecule has 1 atom stereocenters. The quantitative estimate of drug-likeness (QED) is 0.791. The van der Waals surface area contributed by atoms with Crippen molar-refractivity contribution in [1.29, 1.82) is 0 Å². The first-order valence-corrected chi connectivity index (χ1v) is 8.78. The van der Waals surface area contributed by atoms with Crippen LogP contribution in [0.25, 0.3) is 10.2 Å². The number of amides is 1. The van der Waals surface area contributed by atoms with E-state index in [1.54, 1.807) is 27.2 Å². The van der Waals surface area contributed by atoms with Crippen molar-refractivity contribution in [3.8, 4) is 0 Å². The summed E-state index contributed by atoms with van der Waals surface area (Å²) < 4.78 is 2.71. The molecule has 0 saturated carbocycles. The molecule has 8 heteroatoms. The van der Waals surface area contributed by atoms with Crippen molar-refractivity contribution in [2.45, 2.75) is 25.8 Å². The zero-order valence-corrected chi connectivity index (χ0v) is 14.4. The summed E-state index contributed by atoms with van der Waals surface area (Å²) in [7, 11) is 1.85.